The third kappa shape index (κ3) is 7.85. The third-order valence-electron chi connectivity index (χ3n) is 6.76. The Labute approximate surface area is 227 Å². The van der Waals surface area contributed by atoms with Crippen molar-refractivity contribution in [2.24, 2.45) is 10.1 Å². The summed E-state index contributed by atoms with van der Waals surface area (Å²) < 4.78 is 2.25. The molecule has 3 heterocycles. The van der Waals surface area contributed by atoms with Crippen LogP contribution in [0, 0.1) is 0 Å². The van der Waals surface area contributed by atoms with E-state index in [1.165, 1.54) is 57.8 Å². The van der Waals surface area contributed by atoms with E-state index in [1.54, 1.807) is 12.4 Å². The predicted molar refractivity (Wildman–Crippen MR) is 158 cm³/mol. The lowest BCUT2D eigenvalue weighted by atomic mass is 10.0. The van der Waals surface area contributed by atoms with Gasteiger partial charge in [-0.1, -0.05) is 113 Å². The molecule has 0 radical (unpaired) electrons. The number of unbranched alkanes of at least 4 members (excludes halogenated alkanes) is 8. The molecule has 0 spiro atoms. The normalized spacial score (nSPS) is 13.3. The van der Waals surface area contributed by atoms with Gasteiger partial charge in [-0.05, 0) is 24.6 Å². The highest BCUT2D eigenvalue weighted by molar-refractivity contribution is 6.15. The van der Waals surface area contributed by atoms with E-state index in [2.05, 4.69) is 80.7 Å². The minimum atomic E-state index is 0.559. The van der Waals surface area contributed by atoms with Crippen molar-refractivity contribution >= 4 is 11.9 Å². The maximum Gasteiger partial charge on any atom is 0.159 e. The Morgan fingerprint density at radius 3 is 2.32 bits per heavy atom. The number of aromatic nitrogens is 3. The number of nitrogens with zero attached hydrogens (tertiary/aromatic N) is 5. The van der Waals surface area contributed by atoms with Crippen molar-refractivity contribution in [3.8, 4) is 5.69 Å². The Morgan fingerprint density at radius 2 is 1.50 bits per heavy atom. The first-order chi connectivity index (χ1) is 18.9. The van der Waals surface area contributed by atoms with Gasteiger partial charge in [0.25, 0.3) is 0 Å². The van der Waals surface area contributed by atoms with Gasteiger partial charge in [0, 0.05) is 30.0 Å². The first-order valence-corrected chi connectivity index (χ1v) is 14.1. The molecule has 0 unspecified atom stereocenters. The largest absolute Gasteiger partial charge is 0.286 e. The Kier molecular flexibility index (Phi) is 11.1. The summed E-state index contributed by atoms with van der Waals surface area (Å²) >= 11 is 0. The number of fused-ring (bicyclic) bond motifs is 3. The van der Waals surface area contributed by atoms with Crippen LogP contribution in [0.1, 0.15) is 87.5 Å². The molecule has 0 aliphatic carbocycles. The van der Waals surface area contributed by atoms with Gasteiger partial charge in [-0.15, -0.1) is 10.2 Å². The highest BCUT2D eigenvalue weighted by Gasteiger charge is 2.22. The van der Waals surface area contributed by atoms with E-state index < -0.39 is 0 Å². The zero-order valence-corrected chi connectivity index (χ0v) is 22.6. The molecule has 1 aromatic heterocycles. The minimum absolute atomic E-state index is 0.559. The lowest BCUT2D eigenvalue weighted by Gasteiger charge is -2.13. The standard InChI is InChI=1S/C27H34N4.C5H6N2/c1-2-3-4-5-6-7-8-9-13-20-25-29-30-26-21-28-27(22-16-11-10-12-17-22)23-18-14-15-19-24(23)31(25)26;1-2-4-6-7-5-3-1/h10-12,14-19H,2-9,13,20-21H2,1H3;1-6H. The lowest BCUT2D eigenvalue weighted by molar-refractivity contribution is 0.561. The summed E-state index contributed by atoms with van der Waals surface area (Å²) in [6.45, 7) is 2.84. The summed E-state index contributed by atoms with van der Waals surface area (Å²) in [6, 6.07) is 19.0. The monoisotopic (exact) mass is 508 g/mol. The Bertz CT molecular complexity index is 1220. The Balaban J connectivity index is 0.000000417. The van der Waals surface area contributed by atoms with Crippen molar-refractivity contribution in [3.05, 3.63) is 102 Å². The van der Waals surface area contributed by atoms with E-state index in [0.29, 0.717) is 6.54 Å². The lowest BCUT2D eigenvalue weighted by Crippen LogP contribution is -2.09. The Hall–Kier alpha value is -3.80. The molecular weight excluding hydrogens is 468 g/mol. The van der Waals surface area contributed by atoms with Crippen molar-refractivity contribution < 1.29 is 0 Å². The van der Waals surface area contributed by atoms with Gasteiger partial charge < -0.3 is 0 Å². The van der Waals surface area contributed by atoms with Crippen LogP contribution in [0.4, 0.5) is 0 Å². The molecule has 2 aromatic carbocycles. The van der Waals surface area contributed by atoms with Gasteiger partial charge in [0.05, 0.1) is 11.4 Å². The molecule has 198 valence electrons. The van der Waals surface area contributed by atoms with Gasteiger partial charge in [-0.25, -0.2) is 0 Å². The fourth-order valence-electron chi connectivity index (χ4n) is 4.78. The molecule has 0 amide bonds. The molecule has 0 saturated carbocycles. The number of para-hydroxylation sites is 1. The highest BCUT2D eigenvalue weighted by atomic mass is 15.3. The summed E-state index contributed by atoms with van der Waals surface area (Å²) in [5, 5.41) is 12.8. The van der Waals surface area contributed by atoms with Crippen LogP contribution in [0.25, 0.3) is 5.69 Å². The van der Waals surface area contributed by atoms with Crippen LogP contribution in [0.2, 0.25) is 0 Å². The smallest absolute Gasteiger partial charge is 0.159 e. The van der Waals surface area contributed by atoms with E-state index in [4.69, 9.17) is 4.99 Å². The number of hydrogen-bond acceptors (Lipinski definition) is 5. The summed E-state index contributed by atoms with van der Waals surface area (Å²) in [6.07, 6.45) is 22.1. The zero-order valence-electron chi connectivity index (χ0n) is 22.6. The molecule has 0 saturated heterocycles. The number of hydrazone groups is 1. The molecule has 38 heavy (non-hydrogen) atoms. The second-order valence-corrected chi connectivity index (χ2v) is 9.65. The van der Waals surface area contributed by atoms with E-state index in [1.807, 2.05) is 24.3 Å². The van der Waals surface area contributed by atoms with Gasteiger partial charge in [0.2, 0.25) is 0 Å². The number of nitrogens with one attached hydrogen (secondary N) is 1. The van der Waals surface area contributed by atoms with Gasteiger partial charge in [0.1, 0.15) is 12.4 Å². The van der Waals surface area contributed by atoms with Crippen LogP contribution >= 0.6 is 0 Å². The van der Waals surface area contributed by atoms with Gasteiger partial charge in [-0.2, -0.15) is 5.10 Å². The van der Waals surface area contributed by atoms with Crippen LogP contribution < -0.4 is 5.43 Å². The first kappa shape index (κ1) is 27.2. The van der Waals surface area contributed by atoms with Gasteiger partial charge in [0.15, 0.2) is 5.82 Å². The summed E-state index contributed by atoms with van der Waals surface area (Å²) in [7, 11) is 0. The minimum Gasteiger partial charge on any atom is -0.286 e. The quantitative estimate of drug-likeness (QED) is 0.276. The number of benzene rings is 2. The topological polar surface area (TPSA) is 67.5 Å². The molecule has 6 nitrogen and oxygen atoms in total. The molecule has 2 aliphatic heterocycles. The van der Waals surface area contributed by atoms with Crippen molar-refractivity contribution in [3.63, 3.8) is 0 Å². The number of rotatable bonds is 11. The molecule has 0 atom stereocenters. The summed E-state index contributed by atoms with van der Waals surface area (Å²) in [5.74, 6) is 2.00. The fraction of sp³-hybridized carbons (Fsp3) is 0.375. The van der Waals surface area contributed by atoms with Crippen LogP contribution in [-0.4, -0.2) is 26.7 Å². The van der Waals surface area contributed by atoms with Gasteiger partial charge in [-0.3, -0.25) is 15.0 Å². The van der Waals surface area contributed by atoms with Crippen LogP contribution in [0.3, 0.4) is 0 Å². The summed E-state index contributed by atoms with van der Waals surface area (Å²) in [4.78, 5) is 4.93. The van der Waals surface area contributed by atoms with Crippen molar-refractivity contribution in [2.45, 2.75) is 77.7 Å². The molecule has 6 heteroatoms. The van der Waals surface area contributed by atoms with Crippen molar-refractivity contribution in [1.29, 1.82) is 0 Å². The molecular formula is C32H40N6. The van der Waals surface area contributed by atoms with E-state index in [-0.39, 0.29) is 0 Å². The van der Waals surface area contributed by atoms with Crippen molar-refractivity contribution in [2.75, 3.05) is 0 Å². The van der Waals surface area contributed by atoms with E-state index in [0.717, 1.165) is 40.6 Å². The van der Waals surface area contributed by atoms with E-state index >= 15 is 0 Å². The van der Waals surface area contributed by atoms with E-state index in [9.17, 15) is 0 Å². The average molecular weight is 509 g/mol. The summed E-state index contributed by atoms with van der Waals surface area (Å²) in [5.41, 5.74) is 7.16. The Morgan fingerprint density at radius 1 is 0.763 bits per heavy atom. The molecule has 1 N–H and O–H groups in total. The van der Waals surface area contributed by atoms with Crippen molar-refractivity contribution in [1.82, 2.24) is 20.2 Å². The average Bonchev–Trinajstić information content (AvgIpc) is 3.12. The fourth-order valence-corrected chi connectivity index (χ4v) is 4.78. The number of aryl methyl sites for hydroxylation is 1. The maximum absolute atomic E-state index is 4.93. The molecule has 0 fully saturated rings. The highest BCUT2D eigenvalue weighted by Crippen LogP contribution is 2.26. The molecule has 5 rings (SSSR count). The number of allylic oxidation sites excluding steroid dienone is 3. The van der Waals surface area contributed by atoms with Crippen LogP contribution in [0.5, 0.6) is 0 Å². The van der Waals surface area contributed by atoms with Gasteiger partial charge >= 0.3 is 0 Å². The van der Waals surface area contributed by atoms with Crippen LogP contribution in [-0.2, 0) is 13.0 Å². The number of hydrogen-bond donors (Lipinski definition) is 1. The molecule has 2 aliphatic rings. The molecule has 3 aromatic rings. The SMILES string of the molecule is C1=CC=NNC=C1.CCCCCCCCCCCc1nnc2n1-c1ccccc1C(c1ccccc1)=NC2. The number of aliphatic imine (C=N–C) groups is 1. The second-order valence-electron chi connectivity index (χ2n) is 9.65. The van der Waals surface area contributed by atoms with Crippen LogP contribution in [0.15, 0.2) is 89.1 Å². The maximum atomic E-state index is 4.93. The molecule has 0 bridgehead atoms. The zero-order chi connectivity index (χ0) is 26.3. The first-order valence-electron chi connectivity index (χ1n) is 14.1. The predicted octanol–water partition coefficient (Wildman–Crippen LogP) is 7.34. The third-order valence-corrected chi connectivity index (χ3v) is 6.76. The second kappa shape index (κ2) is 15.5.